The molecule has 0 aliphatic rings. The summed E-state index contributed by atoms with van der Waals surface area (Å²) in [5.41, 5.74) is 0. The van der Waals surface area contributed by atoms with E-state index in [1.165, 1.54) is 12.2 Å². The van der Waals surface area contributed by atoms with E-state index < -0.39 is 18.5 Å². The normalized spacial score (nSPS) is 10.1. The second kappa shape index (κ2) is 6.40. The molecule has 0 atom stereocenters. The monoisotopic (exact) mass is 220 g/mol. The molecule has 1 aromatic carbocycles. The highest BCUT2D eigenvalue weighted by Gasteiger charge is 2.06. The van der Waals surface area contributed by atoms with Crippen molar-refractivity contribution in [1.82, 2.24) is 0 Å². The Balaban J connectivity index is 2.34. The quantitative estimate of drug-likeness (QED) is 0.440. The van der Waals surface area contributed by atoms with E-state index in [4.69, 9.17) is 4.74 Å². The minimum Gasteiger partial charge on any atom is -0.451 e. The molecule has 0 saturated carbocycles. The van der Waals surface area contributed by atoms with Gasteiger partial charge in [-0.1, -0.05) is 24.3 Å². The fraction of sp³-hybridized carbons (Fsp3) is 0.167. The number of hydrogen-bond donors (Lipinski definition) is 0. The van der Waals surface area contributed by atoms with Gasteiger partial charge in [-0.05, 0) is 19.1 Å². The van der Waals surface area contributed by atoms with Crippen LogP contribution >= 0.6 is 0 Å². The zero-order chi connectivity index (χ0) is 11.8. The maximum absolute atomic E-state index is 11.2. The molecule has 0 bridgehead atoms. The molecule has 0 heterocycles. The van der Waals surface area contributed by atoms with Crippen molar-refractivity contribution in [1.29, 1.82) is 0 Å². The molecule has 1 aromatic rings. The van der Waals surface area contributed by atoms with E-state index in [0.29, 0.717) is 5.75 Å². The average molecular weight is 220 g/mol. The smallest absolute Gasteiger partial charge is 0.349 e. The summed E-state index contributed by atoms with van der Waals surface area (Å²) in [6.07, 6.45) is 2.76. The van der Waals surface area contributed by atoms with E-state index >= 15 is 0 Å². The first-order valence-electron chi connectivity index (χ1n) is 4.77. The van der Waals surface area contributed by atoms with Crippen molar-refractivity contribution in [3.8, 4) is 5.75 Å². The van der Waals surface area contributed by atoms with Gasteiger partial charge >= 0.3 is 11.9 Å². The number of rotatable bonds is 4. The van der Waals surface area contributed by atoms with E-state index in [1.54, 1.807) is 31.2 Å². The molecule has 0 N–H and O–H groups in total. The number of ether oxygens (including phenoxy) is 2. The van der Waals surface area contributed by atoms with Crippen molar-refractivity contribution in [2.75, 3.05) is 6.61 Å². The molecule has 84 valence electrons. The Bertz CT molecular complexity index is 381. The number of allylic oxidation sites excluding steroid dienone is 1. The van der Waals surface area contributed by atoms with Gasteiger partial charge in [-0.3, -0.25) is 0 Å². The molecule has 4 nitrogen and oxygen atoms in total. The van der Waals surface area contributed by atoms with E-state index in [-0.39, 0.29) is 0 Å². The second-order valence-electron chi connectivity index (χ2n) is 2.89. The van der Waals surface area contributed by atoms with Crippen LogP contribution in [0.5, 0.6) is 5.75 Å². The SMILES string of the molecule is C/C=C\C(=O)OCC(=O)Oc1ccccc1. The largest absolute Gasteiger partial charge is 0.451 e. The molecule has 0 fully saturated rings. The number of benzene rings is 1. The van der Waals surface area contributed by atoms with Gasteiger partial charge in [0.2, 0.25) is 0 Å². The highest BCUT2D eigenvalue weighted by atomic mass is 16.6. The first-order valence-corrected chi connectivity index (χ1v) is 4.77. The number of esters is 2. The van der Waals surface area contributed by atoms with Crippen LogP contribution in [-0.4, -0.2) is 18.5 Å². The Labute approximate surface area is 93.5 Å². The maximum atomic E-state index is 11.2. The zero-order valence-electron chi connectivity index (χ0n) is 8.88. The maximum Gasteiger partial charge on any atom is 0.349 e. The van der Waals surface area contributed by atoms with Crippen LogP contribution in [0.2, 0.25) is 0 Å². The first-order chi connectivity index (χ1) is 7.72. The molecule has 4 heteroatoms. The first kappa shape index (κ1) is 12.0. The van der Waals surface area contributed by atoms with Crippen molar-refractivity contribution < 1.29 is 19.1 Å². The summed E-state index contributed by atoms with van der Waals surface area (Å²) >= 11 is 0. The predicted octanol–water partition coefficient (Wildman–Crippen LogP) is 1.71. The van der Waals surface area contributed by atoms with Gasteiger partial charge in [0, 0.05) is 6.08 Å². The number of carbonyl (C=O) groups is 2. The van der Waals surface area contributed by atoms with Gasteiger partial charge in [-0.25, -0.2) is 9.59 Å². The predicted molar refractivity (Wildman–Crippen MR) is 57.9 cm³/mol. The van der Waals surface area contributed by atoms with Gasteiger partial charge < -0.3 is 9.47 Å². The molecule has 0 spiro atoms. The zero-order valence-corrected chi connectivity index (χ0v) is 8.88. The molecule has 0 aliphatic heterocycles. The van der Waals surface area contributed by atoms with Crippen LogP contribution < -0.4 is 4.74 Å². The van der Waals surface area contributed by atoms with Crippen LogP contribution in [0.15, 0.2) is 42.5 Å². The van der Waals surface area contributed by atoms with Gasteiger partial charge in [-0.2, -0.15) is 0 Å². The van der Waals surface area contributed by atoms with Crippen molar-refractivity contribution in [3.63, 3.8) is 0 Å². The summed E-state index contributed by atoms with van der Waals surface area (Å²) in [6.45, 7) is 1.29. The van der Waals surface area contributed by atoms with Crippen LogP contribution in [0.4, 0.5) is 0 Å². The lowest BCUT2D eigenvalue weighted by Gasteiger charge is -2.03. The Kier molecular flexibility index (Phi) is 4.79. The van der Waals surface area contributed by atoms with Crippen LogP contribution in [0, 0.1) is 0 Å². The van der Waals surface area contributed by atoms with E-state index in [2.05, 4.69) is 4.74 Å². The third-order valence-corrected chi connectivity index (χ3v) is 1.61. The molecular weight excluding hydrogens is 208 g/mol. The Morgan fingerprint density at radius 1 is 1.25 bits per heavy atom. The molecule has 0 amide bonds. The lowest BCUT2D eigenvalue weighted by molar-refractivity contribution is -0.150. The molecule has 0 aromatic heterocycles. The van der Waals surface area contributed by atoms with Gasteiger partial charge in [0.15, 0.2) is 6.61 Å². The fourth-order valence-corrected chi connectivity index (χ4v) is 0.964. The molecule has 0 unspecified atom stereocenters. The molecule has 0 aliphatic carbocycles. The Morgan fingerprint density at radius 3 is 2.56 bits per heavy atom. The topological polar surface area (TPSA) is 52.6 Å². The highest BCUT2D eigenvalue weighted by Crippen LogP contribution is 2.08. The summed E-state index contributed by atoms with van der Waals surface area (Å²) in [7, 11) is 0. The molecular formula is C12H12O4. The van der Waals surface area contributed by atoms with Crippen LogP contribution in [0.1, 0.15) is 6.92 Å². The van der Waals surface area contributed by atoms with Crippen LogP contribution in [0.3, 0.4) is 0 Å². The van der Waals surface area contributed by atoms with Gasteiger partial charge in [-0.15, -0.1) is 0 Å². The lowest BCUT2D eigenvalue weighted by Crippen LogP contribution is -2.17. The van der Waals surface area contributed by atoms with Gasteiger partial charge in [0.1, 0.15) is 5.75 Å². The van der Waals surface area contributed by atoms with Crippen LogP contribution in [0.25, 0.3) is 0 Å². The molecule has 1 rings (SSSR count). The Morgan fingerprint density at radius 2 is 1.94 bits per heavy atom. The van der Waals surface area contributed by atoms with Crippen molar-refractivity contribution in [2.45, 2.75) is 6.92 Å². The van der Waals surface area contributed by atoms with Crippen molar-refractivity contribution in [3.05, 3.63) is 42.5 Å². The third kappa shape index (κ3) is 4.41. The number of carbonyl (C=O) groups excluding carboxylic acids is 2. The van der Waals surface area contributed by atoms with E-state index in [0.717, 1.165) is 0 Å². The van der Waals surface area contributed by atoms with Crippen molar-refractivity contribution >= 4 is 11.9 Å². The standard InChI is InChI=1S/C12H12O4/c1-2-6-11(13)15-9-12(14)16-10-7-4-3-5-8-10/h2-8H,9H2,1H3/b6-2-. The van der Waals surface area contributed by atoms with Gasteiger partial charge in [0.25, 0.3) is 0 Å². The number of hydrogen-bond acceptors (Lipinski definition) is 4. The summed E-state index contributed by atoms with van der Waals surface area (Å²) in [5.74, 6) is -0.744. The van der Waals surface area contributed by atoms with Crippen molar-refractivity contribution in [2.24, 2.45) is 0 Å². The molecule has 16 heavy (non-hydrogen) atoms. The summed E-state index contributed by atoms with van der Waals surface area (Å²) < 4.78 is 9.52. The Hall–Kier alpha value is -2.10. The highest BCUT2D eigenvalue weighted by molar-refractivity contribution is 5.84. The fourth-order valence-electron chi connectivity index (χ4n) is 0.964. The molecule has 0 saturated heterocycles. The van der Waals surface area contributed by atoms with E-state index in [1.807, 2.05) is 6.07 Å². The minimum absolute atomic E-state index is 0.391. The average Bonchev–Trinajstić information content (AvgIpc) is 2.28. The number of para-hydroxylation sites is 1. The minimum atomic E-state index is -0.607. The van der Waals surface area contributed by atoms with E-state index in [9.17, 15) is 9.59 Å². The summed E-state index contributed by atoms with van der Waals surface area (Å²) in [4.78, 5) is 22.1. The van der Waals surface area contributed by atoms with Crippen LogP contribution in [-0.2, 0) is 14.3 Å². The third-order valence-electron chi connectivity index (χ3n) is 1.61. The molecule has 0 radical (unpaired) electrons. The lowest BCUT2D eigenvalue weighted by atomic mass is 10.3. The summed E-state index contributed by atoms with van der Waals surface area (Å²) in [5, 5.41) is 0. The van der Waals surface area contributed by atoms with Gasteiger partial charge in [0.05, 0.1) is 0 Å². The summed E-state index contributed by atoms with van der Waals surface area (Å²) in [6, 6.07) is 8.59. The second-order valence-corrected chi connectivity index (χ2v) is 2.89.